The fourth-order valence-electron chi connectivity index (χ4n) is 0.571. The Morgan fingerprint density at radius 3 is 1.92 bits per heavy atom. The van der Waals surface area contributed by atoms with Gasteiger partial charge in [0.15, 0.2) is 0 Å². The van der Waals surface area contributed by atoms with Gasteiger partial charge in [-0.05, 0) is 13.0 Å². The van der Waals surface area contributed by atoms with Crippen molar-refractivity contribution in [1.29, 1.82) is 0 Å². The molecule has 0 aliphatic heterocycles. The first-order valence-electron chi connectivity index (χ1n) is 3.88. The topological polar surface area (TPSA) is 107 Å². The van der Waals surface area contributed by atoms with Crippen molar-refractivity contribution >= 4 is 7.82 Å². The second-order valence-electron chi connectivity index (χ2n) is 2.34. The number of rotatable bonds is 4. The zero-order chi connectivity index (χ0) is 10.0. The third-order valence-electron chi connectivity index (χ3n) is 1.06. The molecule has 0 aromatic heterocycles. The molecule has 0 saturated carbocycles. The zero-order valence-electron chi connectivity index (χ0n) is 8.27. The molecule has 5 nitrogen and oxygen atoms in total. The van der Waals surface area contributed by atoms with Gasteiger partial charge in [0, 0.05) is 0 Å². The first-order valence-corrected chi connectivity index (χ1v) is 5.41. The van der Waals surface area contributed by atoms with E-state index in [1.807, 2.05) is 0 Å². The summed E-state index contributed by atoms with van der Waals surface area (Å²) in [5, 5.41) is 0. The molecule has 0 radical (unpaired) electrons. The van der Waals surface area contributed by atoms with Gasteiger partial charge in [0.2, 0.25) is 0 Å². The van der Waals surface area contributed by atoms with Crippen LogP contribution in [-0.4, -0.2) is 16.3 Å². The summed E-state index contributed by atoms with van der Waals surface area (Å²) in [6, 6.07) is 0. The summed E-state index contributed by atoms with van der Waals surface area (Å²) < 4.78 is 8.77. The van der Waals surface area contributed by atoms with Crippen LogP contribution in [-0.2, 0) is 4.57 Å². The number of phosphoric acid groups is 1. The first kappa shape index (κ1) is 20.2. The van der Waals surface area contributed by atoms with Crippen LogP contribution in [0.4, 0.5) is 0 Å². The SMILES string of the molecule is CCCCCCN.O=P([O-])(O)O.[K+]. The van der Waals surface area contributed by atoms with Crippen molar-refractivity contribution in [3.63, 3.8) is 0 Å². The molecule has 13 heavy (non-hydrogen) atoms. The van der Waals surface area contributed by atoms with Gasteiger partial charge in [-0.1, -0.05) is 26.2 Å². The fraction of sp³-hybridized carbons (Fsp3) is 1.00. The second-order valence-corrected chi connectivity index (χ2v) is 3.32. The summed E-state index contributed by atoms with van der Waals surface area (Å²) >= 11 is 0. The molecule has 0 rings (SSSR count). The van der Waals surface area contributed by atoms with E-state index in [-0.39, 0.29) is 51.4 Å². The number of hydrogen-bond donors (Lipinski definition) is 3. The molecule has 0 atom stereocenters. The van der Waals surface area contributed by atoms with Crippen LogP contribution in [0.15, 0.2) is 0 Å². The summed E-state index contributed by atoms with van der Waals surface area (Å²) in [6.07, 6.45) is 5.16. The molecule has 0 saturated heterocycles. The third-order valence-corrected chi connectivity index (χ3v) is 1.06. The second kappa shape index (κ2) is 13.7. The number of nitrogens with two attached hydrogens (primary N) is 1. The van der Waals surface area contributed by atoms with Gasteiger partial charge >= 0.3 is 51.4 Å². The van der Waals surface area contributed by atoms with Crippen LogP contribution >= 0.6 is 7.82 Å². The van der Waals surface area contributed by atoms with Crippen LogP contribution in [0.1, 0.15) is 32.6 Å². The molecule has 0 aromatic carbocycles. The summed E-state index contributed by atoms with van der Waals surface area (Å²) in [5.74, 6) is 0. The van der Waals surface area contributed by atoms with Gasteiger partial charge in [0.05, 0.1) is 0 Å². The van der Waals surface area contributed by atoms with Crippen LogP contribution in [0.2, 0.25) is 0 Å². The van der Waals surface area contributed by atoms with Crippen molar-refractivity contribution in [1.82, 2.24) is 0 Å². The Bertz CT molecular complexity index is 118. The Balaban J connectivity index is -0.000000150. The Morgan fingerprint density at radius 2 is 1.69 bits per heavy atom. The van der Waals surface area contributed by atoms with Crippen LogP contribution in [0.3, 0.4) is 0 Å². The van der Waals surface area contributed by atoms with Crippen LogP contribution in [0, 0.1) is 0 Å². The fourth-order valence-corrected chi connectivity index (χ4v) is 0.571. The zero-order valence-corrected chi connectivity index (χ0v) is 12.3. The van der Waals surface area contributed by atoms with E-state index in [0.717, 1.165) is 6.54 Å². The maximum atomic E-state index is 8.77. The molecule has 0 unspecified atom stereocenters. The molecule has 0 bridgehead atoms. The Kier molecular flexibility index (Phi) is 21.3. The smallest absolute Gasteiger partial charge is 0.756 e. The monoisotopic (exact) mass is 237 g/mol. The Hall–Kier alpha value is 1.71. The maximum absolute atomic E-state index is 8.77. The molecule has 4 N–H and O–H groups in total. The van der Waals surface area contributed by atoms with Crippen molar-refractivity contribution in [3.05, 3.63) is 0 Å². The van der Waals surface area contributed by atoms with E-state index in [9.17, 15) is 0 Å². The van der Waals surface area contributed by atoms with Gasteiger partial charge in [-0.25, -0.2) is 0 Å². The minimum atomic E-state index is -4.89. The molecule has 0 fully saturated rings. The molecular formula is C6H17KNO4P. The van der Waals surface area contributed by atoms with Crippen molar-refractivity contribution < 1.29 is 70.6 Å². The number of hydrogen-bond acceptors (Lipinski definition) is 3. The van der Waals surface area contributed by atoms with Gasteiger partial charge in [-0.3, -0.25) is 4.57 Å². The van der Waals surface area contributed by atoms with Crippen LogP contribution in [0.25, 0.3) is 0 Å². The summed E-state index contributed by atoms with van der Waals surface area (Å²) in [6.45, 7) is 3.07. The molecule has 0 spiro atoms. The van der Waals surface area contributed by atoms with Crippen LogP contribution < -0.4 is 62.0 Å². The first-order chi connectivity index (χ1) is 5.41. The van der Waals surface area contributed by atoms with Gasteiger partial charge in [-0.2, -0.15) is 0 Å². The van der Waals surface area contributed by atoms with E-state index in [1.54, 1.807) is 0 Å². The third kappa shape index (κ3) is 57.7. The van der Waals surface area contributed by atoms with Crippen molar-refractivity contribution in [3.8, 4) is 0 Å². The Labute approximate surface area is 122 Å². The van der Waals surface area contributed by atoms with Crippen molar-refractivity contribution in [2.45, 2.75) is 32.6 Å². The summed E-state index contributed by atoms with van der Waals surface area (Å²) in [4.78, 5) is 22.9. The van der Waals surface area contributed by atoms with E-state index in [1.165, 1.54) is 25.7 Å². The van der Waals surface area contributed by atoms with Crippen molar-refractivity contribution in [2.24, 2.45) is 5.73 Å². The Morgan fingerprint density at radius 1 is 1.31 bits per heavy atom. The average molecular weight is 237 g/mol. The van der Waals surface area contributed by atoms with E-state index < -0.39 is 7.82 Å². The largest absolute Gasteiger partial charge is 1.00 e. The predicted molar refractivity (Wildman–Crippen MR) is 45.2 cm³/mol. The van der Waals surface area contributed by atoms with Gasteiger partial charge in [0.1, 0.15) is 0 Å². The molecule has 76 valence electrons. The summed E-state index contributed by atoms with van der Waals surface area (Å²) in [7, 11) is -4.89. The van der Waals surface area contributed by atoms with Gasteiger partial charge < -0.3 is 20.4 Å². The van der Waals surface area contributed by atoms with E-state index >= 15 is 0 Å². The standard InChI is InChI=1S/C6H15N.K.H3O4P/c1-2-3-4-5-6-7;;1-5(2,3)4/h2-7H2,1H3;;(H3,1,2,3,4)/q;+1;/p-1. The normalized spacial score (nSPS) is 9.62. The molecule has 0 aliphatic rings. The molecule has 0 amide bonds. The predicted octanol–water partition coefficient (Wildman–Crippen LogP) is -3.03. The molecule has 0 aromatic rings. The molecular weight excluding hydrogens is 220 g/mol. The quantitative estimate of drug-likeness (QED) is 0.274. The van der Waals surface area contributed by atoms with Gasteiger partial charge in [-0.15, -0.1) is 0 Å². The summed E-state index contributed by atoms with van der Waals surface area (Å²) in [5.41, 5.74) is 5.27. The minimum absolute atomic E-state index is 0. The van der Waals surface area contributed by atoms with Crippen molar-refractivity contribution in [2.75, 3.05) is 6.54 Å². The average Bonchev–Trinajstić information content (AvgIpc) is 1.85. The van der Waals surface area contributed by atoms with E-state index in [0.29, 0.717) is 0 Å². The van der Waals surface area contributed by atoms with Gasteiger partial charge in [0.25, 0.3) is 7.82 Å². The molecule has 7 heteroatoms. The minimum Gasteiger partial charge on any atom is -0.756 e. The molecule has 0 aliphatic carbocycles. The van der Waals surface area contributed by atoms with E-state index in [2.05, 4.69) is 6.92 Å². The van der Waals surface area contributed by atoms with Crippen LogP contribution in [0.5, 0.6) is 0 Å². The number of unbranched alkanes of at least 4 members (excludes halogenated alkanes) is 3. The van der Waals surface area contributed by atoms with E-state index in [4.69, 9.17) is 25.0 Å². The molecule has 0 heterocycles. The maximum Gasteiger partial charge on any atom is 1.00 e.